The second kappa shape index (κ2) is 9.37. The van der Waals surface area contributed by atoms with Crippen molar-refractivity contribution >= 4 is 23.5 Å². The number of methoxy groups -OCH3 is 1. The van der Waals surface area contributed by atoms with E-state index in [4.69, 9.17) is 9.47 Å². The van der Waals surface area contributed by atoms with Gasteiger partial charge in [-0.3, -0.25) is 9.79 Å². The van der Waals surface area contributed by atoms with Gasteiger partial charge in [0.05, 0.1) is 12.8 Å². The highest BCUT2D eigenvalue weighted by molar-refractivity contribution is 5.92. The molecule has 0 bridgehead atoms. The maximum absolute atomic E-state index is 12.0. The number of amides is 1. The van der Waals surface area contributed by atoms with E-state index in [9.17, 15) is 4.79 Å². The maximum Gasteiger partial charge on any atom is 0.262 e. The Bertz CT molecular complexity index is 948. The fraction of sp³-hybridized carbons (Fsp3) is 0.130. The lowest BCUT2D eigenvalue weighted by atomic mass is 10.2. The van der Waals surface area contributed by atoms with E-state index >= 15 is 0 Å². The summed E-state index contributed by atoms with van der Waals surface area (Å²) in [6, 6.07) is 22.6. The molecular weight excluding hydrogens is 352 g/mol. The Morgan fingerprint density at radius 3 is 2.39 bits per heavy atom. The molecule has 0 aliphatic rings. The van der Waals surface area contributed by atoms with Crippen molar-refractivity contribution in [3.05, 3.63) is 83.9 Å². The molecule has 0 aliphatic heterocycles. The van der Waals surface area contributed by atoms with Crippen LogP contribution in [-0.2, 0) is 4.79 Å². The Morgan fingerprint density at radius 1 is 1.00 bits per heavy atom. The minimum absolute atomic E-state index is 0.0484. The molecule has 0 aromatic heterocycles. The molecular formula is C23H22N2O3. The van der Waals surface area contributed by atoms with Gasteiger partial charge in [-0.05, 0) is 78.7 Å². The van der Waals surface area contributed by atoms with Crippen LogP contribution in [0.5, 0.6) is 11.5 Å². The summed E-state index contributed by atoms with van der Waals surface area (Å²) in [5.41, 5.74) is 3.63. The van der Waals surface area contributed by atoms with Gasteiger partial charge >= 0.3 is 0 Å². The minimum Gasteiger partial charge on any atom is -0.497 e. The number of benzene rings is 3. The van der Waals surface area contributed by atoms with Crippen molar-refractivity contribution in [2.24, 2.45) is 4.99 Å². The molecule has 3 rings (SSSR count). The molecule has 3 aromatic carbocycles. The zero-order valence-corrected chi connectivity index (χ0v) is 15.9. The average molecular weight is 374 g/mol. The SMILES string of the molecule is COc1ccc(N=Cc2ccc(OCC(=O)Nc3cccc(C)c3)cc2)cc1. The van der Waals surface area contributed by atoms with E-state index in [0.29, 0.717) is 5.75 Å². The van der Waals surface area contributed by atoms with Gasteiger partial charge in [-0.15, -0.1) is 0 Å². The van der Waals surface area contributed by atoms with E-state index in [0.717, 1.165) is 28.3 Å². The largest absolute Gasteiger partial charge is 0.497 e. The molecule has 0 spiro atoms. The lowest BCUT2D eigenvalue weighted by Gasteiger charge is -2.08. The van der Waals surface area contributed by atoms with Crippen LogP contribution in [-0.4, -0.2) is 25.8 Å². The number of rotatable bonds is 7. The lowest BCUT2D eigenvalue weighted by molar-refractivity contribution is -0.118. The summed E-state index contributed by atoms with van der Waals surface area (Å²) in [7, 11) is 1.63. The van der Waals surface area contributed by atoms with Crippen LogP contribution in [0, 0.1) is 6.92 Å². The van der Waals surface area contributed by atoms with Crippen molar-refractivity contribution in [3.63, 3.8) is 0 Å². The van der Waals surface area contributed by atoms with Gasteiger partial charge in [-0.1, -0.05) is 12.1 Å². The molecule has 1 N–H and O–H groups in total. The molecule has 0 atom stereocenters. The average Bonchev–Trinajstić information content (AvgIpc) is 2.72. The predicted molar refractivity (Wildman–Crippen MR) is 112 cm³/mol. The van der Waals surface area contributed by atoms with Crippen molar-refractivity contribution < 1.29 is 14.3 Å². The van der Waals surface area contributed by atoms with Crippen LogP contribution < -0.4 is 14.8 Å². The van der Waals surface area contributed by atoms with E-state index in [1.54, 1.807) is 13.3 Å². The summed E-state index contributed by atoms with van der Waals surface area (Å²) in [4.78, 5) is 16.4. The Morgan fingerprint density at radius 2 is 1.71 bits per heavy atom. The highest BCUT2D eigenvalue weighted by atomic mass is 16.5. The van der Waals surface area contributed by atoms with Gasteiger partial charge in [-0.2, -0.15) is 0 Å². The Kier molecular flexibility index (Phi) is 6.41. The molecule has 0 saturated heterocycles. The Hall–Kier alpha value is -3.60. The van der Waals surface area contributed by atoms with Gasteiger partial charge in [-0.25, -0.2) is 0 Å². The number of nitrogens with zero attached hydrogens (tertiary/aromatic N) is 1. The number of carbonyl (C=O) groups is 1. The van der Waals surface area contributed by atoms with Crippen LogP contribution in [0.3, 0.4) is 0 Å². The van der Waals surface area contributed by atoms with Crippen LogP contribution in [0.4, 0.5) is 11.4 Å². The normalized spacial score (nSPS) is 10.6. The number of aryl methyl sites for hydroxylation is 1. The number of anilines is 1. The second-order valence-corrected chi connectivity index (χ2v) is 6.23. The molecule has 5 heteroatoms. The monoisotopic (exact) mass is 374 g/mol. The van der Waals surface area contributed by atoms with Crippen molar-refractivity contribution in [1.29, 1.82) is 0 Å². The number of nitrogens with one attached hydrogen (secondary N) is 1. The summed E-state index contributed by atoms with van der Waals surface area (Å²) in [6.45, 7) is 1.93. The molecule has 142 valence electrons. The first-order valence-corrected chi connectivity index (χ1v) is 8.90. The number of ether oxygens (including phenoxy) is 2. The third kappa shape index (κ3) is 5.71. The lowest BCUT2D eigenvalue weighted by Crippen LogP contribution is -2.20. The first kappa shape index (κ1) is 19.2. The molecule has 1 amide bonds. The van der Waals surface area contributed by atoms with E-state index in [1.165, 1.54) is 0 Å². The molecule has 3 aromatic rings. The highest BCUT2D eigenvalue weighted by Crippen LogP contribution is 2.18. The van der Waals surface area contributed by atoms with Gasteiger partial charge in [0.2, 0.25) is 0 Å². The zero-order chi connectivity index (χ0) is 19.8. The van der Waals surface area contributed by atoms with Crippen molar-refractivity contribution in [2.45, 2.75) is 6.92 Å². The van der Waals surface area contributed by atoms with Crippen LogP contribution in [0.15, 0.2) is 77.8 Å². The molecule has 5 nitrogen and oxygen atoms in total. The van der Waals surface area contributed by atoms with Gasteiger partial charge in [0.1, 0.15) is 11.5 Å². The van der Waals surface area contributed by atoms with E-state index in [1.807, 2.05) is 79.7 Å². The summed E-state index contributed by atoms with van der Waals surface area (Å²) in [5.74, 6) is 1.23. The second-order valence-electron chi connectivity index (χ2n) is 6.23. The number of aliphatic imine (C=N–C) groups is 1. The molecule has 0 radical (unpaired) electrons. The van der Waals surface area contributed by atoms with E-state index in [2.05, 4.69) is 10.3 Å². The molecule has 0 aliphatic carbocycles. The third-order valence-electron chi connectivity index (χ3n) is 3.99. The summed E-state index contributed by atoms with van der Waals surface area (Å²) in [6.07, 6.45) is 1.77. The van der Waals surface area contributed by atoms with Gasteiger partial charge < -0.3 is 14.8 Å². The number of hydrogen-bond acceptors (Lipinski definition) is 4. The molecule has 28 heavy (non-hydrogen) atoms. The van der Waals surface area contributed by atoms with Crippen LogP contribution in [0.25, 0.3) is 0 Å². The van der Waals surface area contributed by atoms with Crippen molar-refractivity contribution in [3.8, 4) is 11.5 Å². The fourth-order valence-electron chi connectivity index (χ4n) is 2.54. The van der Waals surface area contributed by atoms with Crippen LogP contribution in [0.1, 0.15) is 11.1 Å². The first-order valence-electron chi connectivity index (χ1n) is 8.90. The predicted octanol–water partition coefficient (Wildman–Crippen LogP) is 4.77. The molecule has 0 unspecified atom stereocenters. The number of carbonyl (C=O) groups excluding carboxylic acids is 1. The van der Waals surface area contributed by atoms with Crippen LogP contribution in [0.2, 0.25) is 0 Å². The van der Waals surface area contributed by atoms with Crippen molar-refractivity contribution in [2.75, 3.05) is 19.0 Å². The smallest absolute Gasteiger partial charge is 0.262 e. The van der Waals surface area contributed by atoms with Crippen molar-refractivity contribution in [1.82, 2.24) is 0 Å². The summed E-state index contributed by atoms with van der Waals surface area (Å²) >= 11 is 0. The molecule has 0 heterocycles. The molecule has 0 saturated carbocycles. The van der Waals surface area contributed by atoms with Crippen LogP contribution >= 0.6 is 0 Å². The topological polar surface area (TPSA) is 59.9 Å². The highest BCUT2D eigenvalue weighted by Gasteiger charge is 2.04. The van der Waals surface area contributed by atoms with Gasteiger partial charge in [0.15, 0.2) is 6.61 Å². The maximum atomic E-state index is 12.0. The summed E-state index contributed by atoms with van der Waals surface area (Å²) < 4.78 is 10.7. The zero-order valence-electron chi connectivity index (χ0n) is 15.9. The van der Waals surface area contributed by atoms with Gasteiger partial charge in [0.25, 0.3) is 5.91 Å². The Balaban J connectivity index is 1.51. The quantitative estimate of drug-likeness (QED) is 0.606. The van der Waals surface area contributed by atoms with Gasteiger partial charge in [0, 0.05) is 11.9 Å². The third-order valence-corrected chi connectivity index (χ3v) is 3.99. The number of hydrogen-bond donors (Lipinski definition) is 1. The first-order chi connectivity index (χ1) is 13.6. The standard InChI is InChI=1S/C23H22N2O3/c1-17-4-3-5-20(14-17)25-23(26)16-28-22-10-6-18(7-11-22)15-24-19-8-12-21(27-2)13-9-19/h3-15H,16H2,1-2H3,(H,25,26). The summed E-state index contributed by atoms with van der Waals surface area (Å²) in [5, 5.41) is 2.82. The molecule has 0 fully saturated rings. The van der Waals surface area contributed by atoms with E-state index in [-0.39, 0.29) is 12.5 Å². The van der Waals surface area contributed by atoms with E-state index < -0.39 is 0 Å². The fourth-order valence-corrected chi connectivity index (χ4v) is 2.54. The minimum atomic E-state index is -0.198. The Labute approximate surface area is 164 Å².